The first-order valence-corrected chi connectivity index (χ1v) is 9.54. The average molecular weight is 354 g/mol. The van der Waals surface area contributed by atoms with E-state index in [9.17, 15) is 14.4 Å². The van der Waals surface area contributed by atoms with E-state index in [4.69, 9.17) is 4.74 Å². The molecule has 0 bridgehead atoms. The molecule has 0 aromatic heterocycles. The van der Waals surface area contributed by atoms with Crippen LogP contribution in [-0.2, 0) is 19.1 Å². The van der Waals surface area contributed by atoms with Crippen molar-refractivity contribution in [3.05, 3.63) is 0 Å². The summed E-state index contributed by atoms with van der Waals surface area (Å²) < 4.78 is 4.77. The molecular weight excluding hydrogens is 320 g/mol. The van der Waals surface area contributed by atoms with Crippen LogP contribution in [0.25, 0.3) is 0 Å². The van der Waals surface area contributed by atoms with E-state index in [0.717, 1.165) is 6.42 Å². The molecule has 0 heterocycles. The second kappa shape index (κ2) is 11.9. The first-order chi connectivity index (χ1) is 11.9. The van der Waals surface area contributed by atoms with Gasteiger partial charge in [-0.3, -0.25) is 14.4 Å². The van der Waals surface area contributed by atoms with E-state index >= 15 is 0 Å². The van der Waals surface area contributed by atoms with Crippen LogP contribution in [0.15, 0.2) is 0 Å². The Morgan fingerprint density at radius 3 is 2.48 bits per heavy atom. The van der Waals surface area contributed by atoms with Crippen molar-refractivity contribution in [2.24, 2.45) is 11.8 Å². The largest absolute Gasteiger partial charge is 0.469 e. The molecule has 0 saturated heterocycles. The Bertz CT molecular complexity index is 433. The maximum atomic E-state index is 12.6. The van der Waals surface area contributed by atoms with E-state index in [0.29, 0.717) is 38.4 Å². The fourth-order valence-electron chi connectivity index (χ4n) is 3.42. The highest BCUT2D eigenvalue weighted by Gasteiger charge is 2.22. The number of esters is 1. The quantitative estimate of drug-likeness (QED) is 0.483. The Morgan fingerprint density at radius 2 is 1.88 bits per heavy atom. The van der Waals surface area contributed by atoms with Crippen molar-refractivity contribution in [2.45, 2.75) is 65.2 Å². The van der Waals surface area contributed by atoms with E-state index in [2.05, 4.69) is 5.32 Å². The van der Waals surface area contributed by atoms with Crippen molar-refractivity contribution in [1.82, 2.24) is 10.2 Å². The smallest absolute Gasteiger partial charge is 0.310 e. The highest BCUT2D eigenvalue weighted by Crippen LogP contribution is 2.27. The minimum atomic E-state index is -0.343. The van der Waals surface area contributed by atoms with Crippen LogP contribution in [0.2, 0.25) is 0 Å². The van der Waals surface area contributed by atoms with Crippen LogP contribution in [-0.4, -0.2) is 49.4 Å². The van der Waals surface area contributed by atoms with Crippen molar-refractivity contribution in [3.63, 3.8) is 0 Å². The van der Waals surface area contributed by atoms with Gasteiger partial charge in [-0.2, -0.15) is 0 Å². The zero-order chi connectivity index (χ0) is 18.7. The van der Waals surface area contributed by atoms with Gasteiger partial charge in [0.1, 0.15) is 0 Å². The predicted molar refractivity (Wildman–Crippen MR) is 96.9 cm³/mol. The molecule has 1 N–H and O–H groups in total. The highest BCUT2D eigenvalue weighted by molar-refractivity contribution is 5.78. The van der Waals surface area contributed by atoms with Crippen molar-refractivity contribution >= 4 is 17.8 Å². The molecule has 1 aliphatic rings. The number of methoxy groups -OCH3 is 1. The first-order valence-electron chi connectivity index (χ1n) is 9.54. The Morgan fingerprint density at radius 1 is 1.20 bits per heavy atom. The number of hydrogen-bond donors (Lipinski definition) is 1. The normalized spacial score (nSPS) is 16.1. The van der Waals surface area contributed by atoms with E-state index in [1.165, 1.54) is 46.1 Å². The molecule has 1 saturated carbocycles. The monoisotopic (exact) mass is 354 g/mol. The zero-order valence-corrected chi connectivity index (χ0v) is 16.0. The molecule has 144 valence electrons. The van der Waals surface area contributed by atoms with Crippen molar-refractivity contribution in [1.29, 1.82) is 0 Å². The topological polar surface area (TPSA) is 75.7 Å². The molecule has 25 heavy (non-hydrogen) atoms. The third kappa shape index (κ3) is 8.89. The second-order valence-corrected chi connectivity index (χ2v) is 7.14. The molecule has 6 heteroatoms. The molecule has 1 unspecified atom stereocenters. The summed E-state index contributed by atoms with van der Waals surface area (Å²) in [6, 6.07) is 0. The third-order valence-electron chi connectivity index (χ3n) is 4.92. The van der Waals surface area contributed by atoms with E-state index in [1.807, 2.05) is 0 Å². The number of hydrogen-bond acceptors (Lipinski definition) is 4. The minimum Gasteiger partial charge on any atom is -0.469 e. The van der Waals surface area contributed by atoms with Crippen LogP contribution in [0, 0.1) is 11.8 Å². The van der Waals surface area contributed by atoms with Crippen molar-refractivity contribution in [3.8, 4) is 0 Å². The number of ether oxygens (including phenoxy) is 1. The molecule has 0 aliphatic heterocycles. The predicted octanol–water partition coefficient (Wildman–Crippen LogP) is 2.51. The van der Waals surface area contributed by atoms with Gasteiger partial charge in [0.25, 0.3) is 0 Å². The van der Waals surface area contributed by atoms with Crippen molar-refractivity contribution in [2.75, 3.05) is 26.7 Å². The lowest BCUT2D eigenvalue weighted by Gasteiger charge is -2.27. The fraction of sp³-hybridized carbons (Fsp3) is 0.842. The molecule has 0 aromatic carbocycles. The molecule has 0 spiro atoms. The summed E-state index contributed by atoms with van der Waals surface area (Å²) in [6.07, 6.45) is 8.49. The molecule has 1 fully saturated rings. The number of nitrogens with one attached hydrogen (secondary N) is 1. The van der Waals surface area contributed by atoms with Crippen LogP contribution in [0.1, 0.15) is 65.2 Å². The van der Waals surface area contributed by atoms with Crippen LogP contribution in [0.4, 0.5) is 0 Å². The maximum Gasteiger partial charge on any atom is 0.310 e. The minimum absolute atomic E-state index is 0.0712. The maximum absolute atomic E-state index is 12.6. The van der Waals surface area contributed by atoms with E-state index in [-0.39, 0.29) is 23.7 Å². The average Bonchev–Trinajstić information content (AvgIpc) is 2.61. The Hall–Kier alpha value is -1.59. The molecule has 0 radical (unpaired) electrons. The standard InChI is InChI=1S/C19H34N2O4/c1-15(19(24)25-3)14-21(13-7-12-20-16(2)22)18(23)11-10-17-8-5-4-6-9-17/h15,17H,4-14H2,1-3H3,(H,20,22). The fourth-order valence-corrected chi connectivity index (χ4v) is 3.42. The zero-order valence-electron chi connectivity index (χ0n) is 16.0. The summed E-state index contributed by atoms with van der Waals surface area (Å²) in [7, 11) is 1.37. The van der Waals surface area contributed by atoms with Gasteiger partial charge in [-0.1, -0.05) is 39.0 Å². The lowest BCUT2D eigenvalue weighted by atomic mass is 9.86. The molecule has 6 nitrogen and oxygen atoms in total. The Balaban J connectivity index is 2.49. The van der Waals surface area contributed by atoms with Crippen molar-refractivity contribution < 1.29 is 19.1 Å². The summed E-state index contributed by atoms with van der Waals surface area (Å²) >= 11 is 0. The van der Waals surface area contributed by atoms with Gasteiger partial charge in [0.05, 0.1) is 13.0 Å². The molecule has 0 aromatic rings. The van der Waals surface area contributed by atoms with Gasteiger partial charge >= 0.3 is 5.97 Å². The number of nitrogens with zero attached hydrogens (tertiary/aromatic N) is 1. The summed E-state index contributed by atoms with van der Waals surface area (Å²) in [5.41, 5.74) is 0. The summed E-state index contributed by atoms with van der Waals surface area (Å²) in [5.74, 6) is 0.0514. The highest BCUT2D eigenvalue weighted by atomic mass is 16.5. The number of carbonyl (C=O) groups is 3. The molecule has 1 rings (SSSR count). The Kier molecular flexibility index (Phi) is 10.2. The summed E-state index contributed by atoms with van der Waals surface area (Å²) in [5, 5.41) is 2.74. The third-order valence-corrected chi connectivity index (χ3v) is 4.92. The Labute approximate surface area is 151 Å². The molecular formula is C19H34N2O4. The van der Waals surface area contributed by atoms with Crippen LogP contribution >= 0.6 is 0 Å². The van der Waals surface area contributed by atoms with E-state index < -0.39 is 0 Å². The van der Waals surface area contributed by atoms with Crippen LogP contribution < -0.4 is 5.32 Å². The first kappa shape index (κ1) is 21.5. The van der Waals surface area contributed by atoms with Gasteiger partial charge in [0.15, 0.2) is 0 Å². The summed E-state index contributed by atoms with van der Waals surface area (Å²) in [4.78, 5) is 37.0. The molecule has 1 aliphatic carbocycles. The van der Waals surface area contributed by atoms with Gasteiger partial charge in [0.2, 0.25) is 11.8 Å². The van der Waals surface area contributed by atoms with Gasteiger partial charge in [0, 0.05) is 33.0 Å². The van der Waals surface area contributed by atoms with Gasteiger partial charge < -0.3 is 15.0 Å². The number of rotatable bonds is 10. The molecule has 2 amide bonds. The number of amides is 2. The lowest BCUT2D eigenvalue weighted by Crippen LogP contribution is -2.39. The SMILES string of the molecule is COC(=O)C(C)CN(CCCNC(C)=O)C(=O)CCC1CCCCC1. The van der Waals surface area contributed by atoms with Gasteiger partial charge in [-0.25, -0.2) is 0 Å². The van der Waals surface area contributed by atoms with Crippen LogP contribution in [0.5, 0.6) is 0 Å². The van der Waals surface area contributed by atoms with Gasteiger partial charge in [-0.15, -0.1) is 0 Å². The number of carbonyl (C=O) groups excluding carboxylic acids is 3. The van der Waals surface area contributed by atoms with Crippen LogP contribution in [0.3, 0.4) is 0 Å². The van der Waals surface area contributed by atoms with Gasteiger partial charge in [-0.05, 0) is 18.8 Å². The second-order valence-electron chi connectivity index (χ2n) is 7.14. The van der Waals surface area contributed by atoms with E-state index in [1.54, 1.807) is 11.8 Å². The lowest BCUT2D eigenvalue weighted by molar-refractivity contribution is -0.146. The summed E-state index contributed by atoms with van der Waals surface area (Å²) in [6.45, 7) is 4.71. The molecule has 1 atom stereocenters.